The summed E-state index contributed by atoms with van der Waals surface area (Å²) in [6.45, 7) is 6.49. The van der Waals surface area contributed by atoms with Gasteiger partial charge in [0.1, 0.15) is 23.0 Å². The number of carbonyl (C=O) groups is 2. The second-order valence-electron chi connectivity index (χ2n) is 9.35. The number of ketones is 1. The minimum absolute atomic E-state index is 0.0132. The van der Waals surface area contributed by atoms with Gasteiger partial charge in [0.25, 0.3) is 11.7 Å². The van der Waals surface area contributed by atoms with Crippen LogP contribution in [0, 0.1) is 0 Å². The van der Waals surface area contributed by atoms with E-state index in [0.717, 1.165) is 12.0 Å². The Labute approximate surface area is 223 Å². The van der Waals surface area contributed by atoms with Crippen LogP contribution in [0.25, 0.3) is 5.76 Å². The standard InChI is InChI=1S/C31H33NO6/c1-5-16-37-24-13-9-12-22(18-24)29(33)27-28(21-11-8-14-25(17-21)38-20(2)3)32(31(35)30(27)34)19-23-10-6-7-15-26(23)36-4/h6-15,17-18,20,28,33H,5,16,19H2,1-4H3/b29-27-. The fourth-order valence-electron chi connectivity index (χ4n) is 4.55. The lowest BCUT2D eigenvalue weighted by atomic mass is 9.95. The molecule has 0 aromatic heterocycles. The van der Waals surface area contributed by atoms with Crippen LogP contribution < -0.4 is 14.2 Å². The highest BCUT2D eigenvalue weighted by Crippen LogP contribution is 2.42. The Hall–Kier alpha value is -4.26. The van der Waals surface area contributed by atoms with Gasteiger partial charge in [-0.1, -0.05) is 49.4 Å². The van der Waals surface area contributed by atoms with Gasteiger partial charge in [0.15, 0.2) is 0 Å². The molecular weight excluding hydrogens is 482 g/mol. The van der Waals surface area contributed by atoms with E-state index in [9.17, 15) is 14.7 Å². The van der Waals surface area contributed by atoms with E-state index in [1.165, 1.54) is 4.90 Å². The lowest BCUT2D eigenvalue weighted by molar-refractivity contribution is -0.140. The molecule has 3 aromatic rings. The first-order valence-corrected chi connectivity index (χ1v) is 12.7. The van der Waals surface area contributed by atoms with Crippen LogP contribution in [0.4, 0.5) is 0 Å². The molecule has 0 saturated carbocycles. The average molecular weight is 516 g/mol. The second-order valence-corrected chi connectivity index (χ2v) is 9.35. The molecule has 3 aromatic carbocycles. The predicted molar refractivity (Wildman–Crippen MR) is 145 cm³/mol. The van der Waals surface area contributed by atoms with Gasteiger partial charge in [-0.15, -0.1) is 0 Å². The first-order chi connectivity index (χ1) is 18.3. The molecule has 1 saturated heterocycles. The van der Waals surface area contributed by atoms with Crippen LogP contribution in [0.5, 0.6) is 17.2 Å². The molecular formula is C31H33NO6. The molecule has 1 N–H and O–H groups in total. The highest BCUT2D eigenvalue weighted by atomic mass is 16.5. The van der Waals surface area contributed by atoms with Crippen LogP contribution in [0.15, 0.2) is 78.4 Å². The van der Waals surface area contributed by atoms with Crippen molar-refractivity contribution >= 4 is 17.4 Å². The van der Waals surface area contributed by atoms with Gasteiger partial charge in [-0.2, -0.15) is 0 Å². The summed E-state index contributed by atoms with van der Waals surface area (Å²) in [5.74, 6) is 0.0747. The molecule has 1 fully saturated rings. The third-order valence-corrected chi connectivity index (χ3v) is 6.20. The Kier molecular flexibility index (Phi) is 8.36. The van der Waals surface area contributed by atoms with Gasteiger partial charge < -0.3 is 24.2 Å². The SMILES string of the molecule is CCCOc1cccc(/C(O)=C2/C(=O)C(=O)N(Cc3ccccc3OC)C2c2cccc(OC(C)C)c2)c1. The minimum atomic E-state index is -0.837. The van der Waals surface area contributed by atoms with Crippen LogP contribution in [0.3, 0.4) is 0 Å². The van der Waals surface area contributed by atoms with Crippen LogP contribution in [0.2, 0.25) is 0 Å². The summed E-state index contributed by atoms with van der Waals surface area (Å²) in [4.78, 5) is 28.4. The van der Waals surface area contributed by atoms with Gasteiger partial charge in [-0.05, 0) is 56.2 Å². The van der Waals surface area contributed by atoms with Gasteiger partial charge in [-0.3, -0.25) is 9.59 Å². The van der Waals surface area contributed by atoms with Gasteiger partial charge in [0.05, 0.1) is 38.0 Å². The fourth-order valence-corrected chi connectivity index (χ4v) is 4.55. The molecule has 1 unspecified atom stereocenters. The topological polar surface area (TPSA) is 85.3 Å². The van der Waals surface area contributed by atoms with Crippen LogP contribution >= 0.6 is 0 Å². The van der Waals surface area contributed by atoms with E-state index in [4.69, 9.17) is 14.2 Å². The number of hydrogen-bond acceptors (Lipinski definition) is 6. The maximum atomic E-state index is 13.5. The zero-order chi connectivity index (χ0) is 27.2. The van der Waals surface area contributed by atoms with E-state index < -0.39 is 17.7 Å². The molecule has 38 heavy (non-hydrogen) atoms. The molecule has 0 radical (unpaired) electrons. The summed E-state index contributed by atoms with van der Waals surface area (Å²) in [7, 11) is 1.56. The van der Waals surface area contributed by atoms with E-state index in [2.05, 4.69) is 0 Å². The van der Waals surface area contributed by atoms with Crippen LogP contribution in [-0.2, 0) is 16.1 Å². The maximum absolute atomic E-state index is 13.5. The first-order valence-electron chi connectivity index (χ1n) is 12.7. The van der Waals surface area contributed by atoms with Crippen molar-refractivity contribution in [1.29, 1.82) is 0 Å². The number of likely N-dealkylation sites (tertiary alicyclic amines) is 1. The predicted octanol–water partition coefficient (Wildman–Crippen LogP) is 5.89. The minimum Gasteiger partial charge on any atom is -0.507 e. The van der Waals surface area contributed by atoms with E-state index in [-0.39, 0.29) is 24.0 Å². The lowest BCUT2D eigenvalue weighted by Crippen LogP contribution is -2.29. The van der Waals surface area contributed by atoms with Crippen LogP contribution in [0.1, 0.15) is 49.9 Å². The number of benzene rings is 3. The Morgan fingerprint density at radius 3 is 2.45 bits per heavy atom. The molecule has 1 amide bonds. The Morgan fingerprint density at radius 1 is 0.974 bits per heavy atom. The molecule has 198 valence electrons. The Bertz CT molecular complexity index is 1350. The molecule has 7 nitrogen and oxygen atoms in total. The van der Waals surface area contributed by atoms with Gasteiger partial charge in [0.2, 0.25) is 0 Å². The van der Waals surface area contributed by atoms with Crippen molar-refractivity contribution in [2.24, 2.45) is 0 Å². The number of hydrogen-bond donors (Lipinski definition) is 1. The van der Waals surface area contributed by atoms with Crippen molar-refractivity contribution in [1.82, 2.24) is 4.90 Å². The summed E-state index contributed by atoms with van der Waals surface area (Å²) < 4.78 is 17.1. The number of methoxy groups -OCH3 is 1. The average Bonchev–Trinajstić information content (AvgIpc) is 3.16. The molecule has 4 rings (SSSR count). The Balaban J connectivity index is 1.85. The maximum Gasteiger partial charge on any atom is 0.295 e. The molecule has 1 atom stereocenters. The Morgan fingerprint density at radius 2 is 1.71 bits per heavy atom. The van der Waals surface area contributed by atoms with Gasteiger partial charge >= 0.3 is 0 Å². The molecule has 0 spiro atoms. The zero-order valence-electron chi connectivity index (χ0n) is 22.1. The third-order valence-electron chi connectivity index (χ3n) is 6.20. The van der Waals surface area contributed by atoms with E-state index in [1.807, 2.05) is 57.2 Å². The lowest BCUT2D eigenvalue weighted by Gasteiger charge is -2.26. The van der Waals surface area contributed by atoms with Gasteiger partial charge in [0, 0.05) is 11.1 Å². The van der Waals surface area contributed by atoms with Crippen molar-refractivity contribution in [2.45, 2.75) is 45.9 Å². The van der Waals surface area contributed by atoms with Crippen molar-refractivity contribution in [2.75, 3.05) is 13.7 Å². The molecule has 0 bridgehead atoms. The number of Topliss-reactive ketones (excluding diaryl/α,β-unsaturated/α-hetero) is 1. The molecule has 0 aliphatic carbocycles. The quantitative estimate of drug-likeness (QED) is 0.206. The van der Waals surface area contributed by atoms with E-state index >= 15 is 0 Å². The number of aliphatic hydroxyl groups excluding tert-OH is 1. The van der Waals surface area contributed by atoms with Crippen molar-refractivity contribution < 1.29 is 28.9 Å². The summed E-state index contributed by atoms with van der Waals surface area (Å²) in [5.41, 5.74) is 1.80. The highest BCUT2D eigenvalue weighted by molar-refractivity contribution is 6.46. The number of aliphatic hydroxyl groups is 1. The largest absolute Gasteiger partial charge is 0.507 e. The second kappa shape index (κ2) is 11.9. The summed E-state index contributed by atoms with van der Waals surface area (Å²) in [6, 6.07) is 20.7. The van der Waals surface area contributed by atoms with Crippen molar-refractivity contribution in [3.8, 4) is 17.2 Å². The number of para-hydroxylation sites is 1. The summed E-state index contributed by atoms with van der Waals surface area (Å²) in [5, 5.41) is 11.5. The number of ether oxygens (including phenoxy) is 3. The monoisotopic (exact) mass is 515 g/mol. The summed E-state index contributed by atoms with van der Waals surface area (Å²) in [6.07, 6.45) is 0.773. The highest BCUT2D eigenvalue weighted by Gasteiger charge is 2.46. The third kappa shape index (κ3) is 5.67. The van der Waals surface area contributed by atoms with Crippen molar-refractivity contribution in [3.63, 3.8) is 0 Å². The fraction of sp³-hybridized carbons (Fsp3) is 0.290. The molecule has 1 heterocycles. The smallest absolute Gasteiger partial charge is 0.295 e. The molecule has 7 heteroatoms. The van der Waals surface area contributed by atoms with Gasteiger partial charge in [-0.25, -0.2) is 0 Å². The van der Waals surface area contributed by atoms with Crippen molar-refractivity contribution in [3.05, 3.63) is 95.1 Å². The first kappa shape index (κ1) is 26.8. The van der Waals surface area contributed by atoms with E-state index in [1.54, 1.807) is 43.5 Å². The zero-order valence-corrected chi connectivity index (χ0v) is 22.1. The number of carbonyl (C=O) groups excluding carboxylic acids is 2. The normalized spacial score (nSPS) is 16.7. The number of amides is 1. The van der Waals surface area contributed by atoms with Crippen LogP contribution in [-0.4, -0.2) is 41.5 Å². The molecule has 1 aliphatic heterocycles. The number of nitrogens with zero attached hydrogens (tertiary/aromatic N) is 1. The summed E-state index contributed by atoms with van der Waals surface area (Å²) >= 11 is 0. The van der Waals surface area contributed by atoms with E-state index in [0.29, 0.717) is 35.0 Å². The number of rotatable bonds is 10. The molecule has 1 aliphatic rings.